The first-order valence-electron chi connectivity index (χ1n) is 5.98. The molecule has 2 rings (SSSR count). The zero-order chi connectivity index (χ0) is 14.2. The Hall–Kier alpha value is -1.82. The lowest BCUT2D eigenvalue weighted by atomic mass is 10.3. The van der Waals surface area contributed by atoms with Crippen LogP contribution in [0.1, 0.15) is 28.8 Å². The van der Waals surface area contributed by atoms with E-state index < -0.39 is 0 Å². The van der Waals surface area contributed by atoms with E-state index in [1.54, 1.807) is 20.2 Å². The van der Waals surface area contributed by atoms with Gasteiger partial charge in [-0.15, -0.1) is 0 Å². The van der Waals surface area contributed by atoms with E-state index in [9.17, 15) is 4.79 Å². The minimum Gasteiger partial charge on any atom is -0.318 e. The van der Waals surface area contributed by atoms with Crippen molar-refractivity contribution in [3.05, 3.63) is 28.3 Å². The smallest absolute Gasteiger partial charge is 0.275 e. The van der Waals surface area contributed by atoms with Gasteiger partial charge in [0, 0.05) is 13.6 Å². The quantitative estimate of drug-likeness (QED) is 0.938. The highest BCUT2D eigenvalue weighted by Crippen LogP contribution is 2.21. The molecule has 2 aromatic heterocycles. The van der Waals surface area contributed by atoms with Crippen LogP contribution in [-0.2, 0) is 13.6 Å². The molecule has 102 valence electrons. The van der Waals surface area contributed by atoms with Crippen LogP contribution in [0, 0.1) is 13.8 Å². The minimum absolute atomic E-state index is 0.285. The summed E-state index contributed by atoms with van der Waals surface area (Å²) in [6, 6.07) is 0. The number of hydrogen-bond acceptors (Lipinski definition) is 3. The number of anilines is 1. The predicted octanol–water partition coefficient (Wildman–Crippen LogP) is 2.16. The Kier molecular flexibility index (Phi) is 3.61. The number of carbonyl (C=O) groups is 1. The predicted molar refractivity (Wildman–Crippen MR) is 73.5 cm³/mol. The topological polar surface area (TPSA) is 64.7 Å². The fraction of sp³-hybridized carbons (Fsp3) is 0.417. The van der Waals surface area contributed by atoms with Gasteiger partial charge in [-0.2, -0.15) is 10.2 Å². The lowest BCUT2D eigenvalue weighted by Crippen LogP contribution is -2.17. The average molecular weight is 282 g/mol. The minimum atomic E-state index is -0.285. The standard InChI is InChI=1S/C12H16ClN5O/c1-5-18-8(3)9(6-14-18)15-12(19)11-10(13)7(2)16-17(11)4/h6H,5H2,1-4H3,(H,15,19). The lowest BCUT2D eigenvalue weighted by Gasteiger charge is -2.06. The van der Waals surface area contributed by atoms with Crippen molar-refractivity contribution in [3.8, 4) is 0 Å². The van der Waals surface area contributed by atoms with Crippen LogP contribution < -0.4 is 5.32 Å². The molecule has 2 heterocycles. The first-order valence-corrected chi connectivity index (χ1v) is 6.36. The molecule has 0 aliphatic rings. The molecule has 0 aliphatic heterocycles. The van der Waals surface area contributed by atoms with Crippen molar-refractivity contribution in [2.24, 2.45) is 7.05 Å². The highest BCUT2D eigenvalue weighted by atomic mass is 35.5. The number of nitrogens with one attached hydrogen (secondary N) is 1. The molecule has 0 radical (unpaired) electrons. The molecule has 2 aromatic rings. The molecule has 0 bridgehead atoms. The largest absolute Gasteiger partial charge is 0.318 e. The van der Waals surface area contributed by atoms with Crippen LogP contribution in [0.2, 0.25) is 5.02 Å². The van der Waals surface area contributed by atoms with Crippen molar-refractivity contribution in [3.63, 3.8) is 0 Å². The van der Waals surface area contributed by atoms with Gasteiger partial charge in [0.25, 0.3) is 5.91 Å². The second kappa shape index (κ2) is 5.05. The van der Waals surface area contributed by atoms with Crippen LogP contribution in [0.15, 0.2) is 6.20 Å². The van der Waals surface area contributed by atoms with Gasteiger partial charge < -0.3 is 5.32 Å². The summed E-state index contributed by atoms with van der Waals surface area (Å²) in [6.07, 6.45) is 1.63. The first-order chi connectivity index (χ1) is 8.95. The van der Waals surface area contributed by atoms with Gasteiger partial charge in [-0.3, -0.25) is 14.2 Å². The number of amides is 1. The fourth-order valence-corrected chi connectivity index (χ4v) is 2.19. The first kappa shape index (κ1) is 13.6. The second-order valence-electron chi connectivity index (χ2n) is 4.29. The number of aromatic nitrogens is 4. The third-order valence-corrected chi connectivity index (χ3v) is 3.47. The Morgan fingerprint density at radius 3 is 2.63 bits per heavy atom. The number of halogens is 1. The number of carbonyl (C=O) groups excluding carboxylic acids is 1. The molecule has 0 saturated carbocycles. The van der Waals surface area contributed by atoms with Gasteiger partial charge in [-0.1, -0.05) is 11.6 Å². The average Bonchev–Trinajstić information content (AvgIpc) is 2.81. The van der Waals surface area contributed by atoms with E-state index in [2.05, 4.69) is 15.5 Å². The summed E-state index contributed by atoms with van der Waals surface area (Å²) in [4.78, 5) is 12.2. The van der Waals surface area contributed by atoms with Crippen LogP contribution in [0.4, 0.5) is 5.69 Å². The maximum Gasteiger partial charge on any atom is 0.275 e. The molecular weight excluding hydrogens is 266 g/mol. The van der Waals surface area contributed by atoms with E-state index in [1.165, 1.54) is 4.68 Å². The van der Waals surface area contributed by atoms with Crippen LogP contribution in [0.3, 0.4) is 0 Å². The lowest BCUT2D eigenvalue weighted by molar-refractivity contribution is 0.101. The molecule has 19 heavy (non-hydrogen) atoms. The van der Waals surface area contributed by atoms with Crippen molar-refractivity contribution < 1.29 is 4.79 Å². The zero-order valence-corrected chi connectivity index (χ0v) is 12.1. The molecule has 0 aromatic carbocycles. The molecule has 1 N–H and O–H groups in total. The summed E-state index contributed by atoms with van der Waals surface area (Å²) in [5, 5.41) is 11.5. The fourth-order valence-electron chi connectivity index (χ4n) is 1.95. The number of nitrogens with zero attached hydrogens (tertiary/aromatic N) is 4. The highest BCUT2D eigenvalue weighted by Gasteiger charge is 2.20. The van der Waals surface area contributed by atoms with Gasteiger partial charge in [-0.25, -0.2) is 0 Å². The molecule has 7 heteroatoms. The monoisotopic (exact) mass is 281 g/mol. The van der Waals surface area contributed by atoms with E-state index >= 15 is 0 Å². The third-order valence-electron chi connectivity index (χ3n) is 3.02. The second-order valence-corrected chi connectivity index (χ2v) is 4.66. The Morgan fingerprint density at radius 1 is 1.47 bits per heavy atom. The molecular formula is C12H16ClN5O. The molecule has 1 amide bonds. The number of hydrogen-bond donors (Lipinski definition) is 1. The zero-order valence-electron chi connectivity index (χ0n) is 11.4. The Balaban J connectivity index is 2.28. The summed E-state index contributed by atoms with van der Waals surface area (Å²) in [7, 11) is 1.69. The van der Waals surface area contributed by atoms with Crippen LogP contribution in [0.5, 0.6) is 0 Å². The van der Waals surface area contributed by atoms with Crippen LogP contribution >= 0.6 is 11.6 Å². The molecule has 6 nitrogen and oxygen atoms in total. The number of rotatable bonds is 3. The maximum atomic E-state index is 12.2. The van der Waals surface area contributed by atoms with Crippen molar-refractivity contribution >= 4 is 23.2 Å². The van der Waals surface area contributed by atoms with E-state index in [0.29, 0.717) is 22.1 Å². The van der Waals surface area contributed by atoms with Gasteiger partial charge in [0.1, 0.15) is 5.69 Å². The van der Waals surface area contributed by atoms with E-state index in [1.807, 2.05) is 18.5 Å². The molecule has 0 saturated heterocycles. The molecule has 0 aliphatic carbocycles. The molecule has 0 spiro atoms. The van der Waals surface area contributed by atoms with Crippen LogP contribution in [-0.4, -0.2) is 25.5 Å². The SMILES string of the molecule is CCn1ncc(NC(=O)c2c(Cl)c(C)nn2C)c1C. The Morgan fingerprint density at radius 2 is 2.16 bits per heavy atom. The molecule has 0 unspecified atom stereocenters. The normalized spacial score (nSPS) is 10.8. The van der Waals surface area contributed by atoms with Crippen molar-refractivity contribution in [1.82, 2.24) is 19.6 Å². The van der Waals surface area contributed by atoms with Gasteiger partial charge >= 0.3 is 0 Å². The van der Waals surface area contributed by atoms with Gasteiger partial charge in [0.2, 0.25) is 0 Å². The summed E-state index contributed by atoms with van der Waals surface area (Å²) in [5.74, 6) is -0.285. The Bertz CT molecular complexity index is 628. The van der Waals surface area contributed by atoms with Gasteiger partial charge in [0.05, 0.1) is 28.3 Å². The maximum absolute atomic E-state index is 12.2. The van der Waals surface area contributed by atoms with E-state index in [0.717, 1.165) is 12.2 Å². The van der Waals surface area contributed by atoms with E-state index in [-0.39, 0.29) is 5.91 Å². The van der Waals surface area contributed by atoms with Crippen molar-refractivity contribution in [2.75, 3.05) is 5.32 Å². The summed E-state index contributed by atoms with van der Waals surface area (Å²) in [6.45, 7) is 6.42. The molecule has 0 fully saturated rings. The van der Waals surface area contributed by atoms with Gasteiger partial charge in [0.15, 0.2) is 0 Å². The van der Waals surface area contributed by atoms with Crippen molar-refractivity contribution in [2.45, 2.75) is 27.3 Å². The summed E-state index contributed by atoms with van der Waals surface area (Å²) >= 11 is 6.08. The van der Waals surface area contributed by atoms with Gasteiger partial charge in [-0.05, 0) is 20.8 Å². The van der Waals surface area contributed by atoms with Crippen molar-refractivity contribution in [1.29, 1.82) is 0 Å². The number of aryl methyl sites for hydroxylation is 3. The highest BCUT2D eigenvalue weighted by molar-refractivity contribution is 6.34. The van der Waals surface area contributed by atoms with E-state index in [4.69, 9.17) is 11.6 Å². The Labute approximate surface area is 116 Å². The summed E-state index contributed by atoms with van der Waals surface area (Å²) < 4.78 is 3.29. The molecule has 0 atom stereocenters. The third kappa shape index (κ3) is 2.35. The van der Waals surface area contributed by atoms with Crippen LogP contribution in [0.25, 0.3) is 0 Å². The summed E-state index contributed by atoms with van der Waals surface area (Å²) in [5.41, 5.74) is 2.57.